The van der Waals surface area contributed by atoms with Crippen molar-refractivity contribution in [3.05, 3.63) is 53.3 Å². The number of ether oxygens (including phenoxy) is 3. The highest BCUT2D eigenvalue weighted by atomic mass is 19.1. The van der Waals surface area contributed by atoms with Gasteiger partial charge in [-0.2, -0.15) is 0 Å². The molecule has 7 heteroatoms. The summed E-state index contributed by atoms with van der Waals surface area (Å²) in [6.45, 7) is 1.29. The van der Waals surface area contributed by atoms with E-state index in [9.17, 15) is 4.39 Å². The van der Waals surface area contributed by atoms with Crippen LogP contribution < -0.4 is 24.8 Å². The lowest BCUT2D eigenvalue weighted by molar-refractivity contribution is 0.368. The van der Waals surface area contributed by atoms with Gasteiger partial charge in [0.25, 0.3) is 0 Å². The van der Waals surface area contributed by atoms with Crippen LogP contribution in [0, 0.1) is 5.82 Å². The minimum atomic E-state index is -0.220. The molecule has 0 unspecified atom stereocenters. The Bertz CT molecular complexity index is 771. The highest BCUT2D eigenvalue weighted by Gasteiger charge is 2.13. The van der Waals surface area contributed by atoms with E-state index in [0.717, 1.165) is 11.1 Å². The molecule has 0 amide bonds. The van der Waals surface area contributed by atoms with Crippen molar-refractivity contribution in [1.82, 2.24) is 10.6 Å². The fourth-order valence-electron chi connectivity index (χ4n) is 2.87. The van der Waals surface area contributed by atoms with Gasteiger partial charge in [0, 0.05) is 37.8 Å². The van der Waals surface area contributed by atoms with Crippen molar-refractivity contribution in [2.24, 2.45) is 4.99 Å². The summed E-state index contributed by atoms with van der Waals surface area (Å²) in [5, 5.41) is 6.50. The van der Waals surface area contributed by atoms with Crippen LogP contribution in [0.1, 0.15) is 11.1 Å². The molecule has 0 spiro atoms. The first-order valence-electron chi connectivity index (χ1n) is 9.09. The predicted molar refractivity (Wildman–Crippen MR) is 109 cm³/mol. The van der Waals surface area contributed by atoms with Crippen LogP contribution in [0.4, 0.5) is 4.39 Å². The van der Waals surface area contributed by atoms with E-state index in [1.807, 2.05) is 18.2 Å². The third kappa shape index (κ3) is 6.04. The third-order valence-electron chi connectivity index (χ3n) is 4.30. The molecule has 2 N–H and O–H groups in total. The van der Waals surface area contributed by atoms with E-state index < -0.39 is 0 Å². The van der Waals surface area contributed by atoms with E-state index >= 15 is 0 Å². The maximum atomic E-state index is 13.2. The zero-order chi connectivity index (χ0) is 20.4. The number of methoxy groups -OCH3 is 3. The van der Waals surface area contributed by atoms with Crippen LogP contribution in [0.5, 0.6) is 17.2 Å². The standard InChI is InChI=1S/C21H28FN3O3/c1-23-21(24-10-8-15-6-5-7-16(22)12-15)25-11-9-18-19(27-3)13-17(26-2)14-20(18)28-4/h5-7,12-14H,8-11H2,1-4H3,(H2,23,24,25). The normalized spacial score (nSPS) is 11.1. The van der Waals surface area contributed by atoms with Gasteiger partial charge in [0.15, 0.2) is 5.96 Å². The molecule has 0 saturated heterocycles. The highest BCUT2D eigenvalue weighted by molar-refractivity contribution is 5.79. The van der Waals surface area contributed by atoms with E-state index in [1.165, 1.54) is 6.07 Å². The van der Waals surface area contributed by atoms with Crippen molar-refractivity contribution in [3.63, 3.8) is 0 Å². The zero-order valence-corrected chi connectivity index (χ0v) is 16.8. The summed E-state index contributed by atoms with van der Waals surface area (Å²) in [7, 11) is 6.57. The van der Waals surface area contributed by atoms with Crippen LogP contribution in [-0.4, -0.2) is 47.4 Å². The predicted octanol–water partition coefficient (Wildman–Crippen LogP) is 2.80. The van der Waals surface area contributed by atoms with Gasteiger partial charge in [0.1, 0.15) is 23.1 Å². The summed E-state index contributed by atoms with van der Waals surface area (Å²) < 4.78 is 29.5. The molecule has 0 atom stereocenters. The molecule has 0 saturated carbocycles. The average molecular weight is 389 g/mol. The number of nitrogens with zero attached hydrogens (tertiary/aromatic N) is 1. The van der Waals surface area contributed by atoms with E-state index in [2.05, 4.69) is 15.6 Å². The first-order valence-corrected chi connectivity index (χ1v) is 9.09. The Morgan fingerprint density at radius 1 is 0.929 bits per heavy atom. The van der Waals surface area contributed by atoms with Crippen molar-refractivity contribution in [2.45, 2.75) is 12.8 Å². The summed E-state index contributed by atoms with van der Waals surface area (Å²) in [5.74, 6) is 2.57. The Morgan fingerprint density at radius 2 is 1.57 bits per heavy atom. The molecule has 2 aromatic rings. The van der Waals surface area contributed by atoms with Gasteiger partial charge >= 0.3 is 0 Å². The Morgan fingerprint density at radius 3 is 2.11 bits per heavy atom. The number of halogens is 1. The van der Waals surface area contributed by atoms with E-state index in [1.54, 1.807) is 40.5 Å². The molecule has 0 bridgehead atoms. The van der Waals surface area contributed by atoms with Crippen molar-refractivity contribution in [3.8, 4) is 17.2 Å². The summed E-state index contributed by atoms with van der Waals surface area (Å²) in [4.78, 5) is 4.22. The second-order valence-electron chi connectivity index (χ2n) is 6.07. The molecule has 0 heterocycles. The van der Waals surface area contributed by atoms with Crippen LogP contribution in [0.2, 0.25) is 0 Å². The van der Waals surface area contributed by atoms with Gasteiger partial charge in [-0.25, -0.2) is 4.39 Å². The second-order valence-corrected chi connectivity index (χ2v) is 6.07. The van der Waals surface area contributed by atoms with Gasteiger partial charge in [0.2, 0.25) is 0 Å². The Hall–Kier alpha value is -2.96. The lowest BCUT2D eigenvalue weighted by Crippen LogP contribution is -2.39. The number of rotatable bonds is 9. The number of nitrogens with one attached hydrogen (secondary N) is 2. The first kappa shape index (κ1) is 21.3. The molecule has 6 nitrogen and oxygen atoms in total. The SMILES string of the molecule is CN=C(NCCc1cccc(F)c1)NCCc1c(OC)cc(OC)cc1OC. The average Bonchev–Trinajstić information content (AvgIpc) is 2.72. The molecule has 28 heavy (non-hydrogen) atoms. The molecule has 0 aliphatic heterocycles. The van der Waals surface area contributed by atoms with Gasteiger partial charge in [-0.3, -0.25) is 4.99 Å². The molecule has 0 aliphatic carbocycles. The maximum Gasteiger partial charge on any atom is 0.190 e. The molecule has 2 aromatic carbocycles. The number of aliphatic imine (C=N–C) groups is 1. The number of hydrogen-bond donors (Lipinski definition) is 2. The Labute approximate surface area is 165 Å². The summed E-state index contributed by atoms with van der Waals surface area (Å²) >= 11 is 0. The van der Waals surface area contributed by atoms with Crippen molar-refractivity contribution >= 4 is 5.96 Å². The van der Waals surface area contributed by atoms with E-state index in [-0.39, 0.29) is 5.82 Å². The summed E-state index contributed by atoms with van der Waals surface area (Å²) in [6.07, 6.45) is 1.39. The van der Waals surface area contributed by atoms with Crippen LogP contribution in [0.15, 0.2) is 41.4 Å². The zero-order valence-electron chi connectivity index (χ0n) is 16.8. The molecular weight excluding hydrogens is 361 g/mol. The highest BCUT2D eigenvalue weighted by Crippen LogP contribution is 2.34. The monoisotopic (exact) mass is 389 g/mol. The van der Waals surface area contributed by atoms with Gasteiger partial charge < -0.3 is 24.8 Å². The maximum absolute atomic E-state index is 13.2. The number of guanidine groups is 1. The lowest BCUT2D eigenvalue weighted by Gasteiger charge is -2.16. The number of hydrogen-bond acceptors (Lipinski definition) is 4. The molecule has 0 aromatic heterocycles. The van der Waals surface area contributed by atoms with Gasteiger partial charge in [-0.15, -0.1) is 0 Å². The molecule has 0 fully saturated rings. The van der Waals surface area contributed by atoms with Gasteiger partial charge in [0.05, 0.1) is 21.3 Å². The van der Waals surface area contributed by atoms with Crippen molar-refractivity contribution in [2.75, 3.05) is 41.5 Å². The Balaban J connectivity index is 1.88. The van der Waals surface area contributed by atoms with E-state index in [4.69, 9.17) is 14.2 Å². The minimum absolute atomic E-state index is 0.220. The van der Waals surface area contributed by atoms with Crippen LogP contribution >= 0.6 is 0 Å². The van der Waals surface area contributed by atoms with Crippen molar-refractivity contribution < 1.29 is 18.6 Å². The van der Waals surface area contributed by atoms with Crippen LogP contribution in [0.3, 0.4) is 0 Å². The summed E-state index contributed by atoms with van der Waals surface area (Å²) in [6, 6.07) is 10.3. The molecular formula is C21H28FN3O3. The lowest BCUT2D eigenvalue weighted by atomic mass is 10.1. The third-order valence-corrected chi connectivity index (χ3v) is 4.30. The Kier molecular flexibility index (Phi) is 8.39. The minimum Gasteiger partial charge on any atom is -0.496 e. The molecule has 2 rings (SSSR count). The van der Waals surface area contributed by atoms with Gasteiger partial charge in [-0.1, -0.05) is 12.1 Å². The molecule has 0 radical (unpaired) electrons. The topological polar surface area (TPSA) is 64.1 Å². The second kappa shape index (κ2) is 11.0. The van der Waals surface area contributed by atoms with Gasteiger partial charge in [-0.05, 0) is 30.5 Å². The molecule has 152 valence electrons. The fourth-order valence-corrected chi connectivity index (χ4v) is 2.87. The molecule has 0 aliphatic rings. The quantitative estimate of drug-likeness (QED) is 0.510. The van der Waals surface area contributed by atoms with E-state index in [0.29, 0.717) is 49.1 Å². The first-order chi connectivity index (χ1) is 13.6. The van der Waals surface area contributed by atoms with Crippen LogP contribution in [-0.2, 0) is 12.8 Å². The number of benzene rings is 2. The largest absolute Gasteiger partial charge is 0.496 e. The van der Waals surface area contributed by atoms with Crippen molar-refractivity contribution in [1.29, 1.82) is 0 Å². The fraction of sp³-hybridized carbons (Fsp3) is 0.381. The summed E-state index contributed by atoms with van der Waals surface area (Å²) in [5.41, 5.74) is 1.89. The van der Waals surface area contributed by atoms with Crippen LogP contribution in [0.25, 0.3) is 0 Å². The smallest absolute Gasteiger partial charge is 0.190 e.